The Balaban J connectivity index is 1.96. The van der Waals surface area contributed by atoms with Gasteiger partial charge in [0.15, 0.2) is 0 Å². The Kier molecular flexibility index (Phi) is 3.87. The lowest BCUT2D eigenvalue weighted by Gasteiger charge is -2.26. The highest BCUT2D eigenvalue weighted by molar-refractivity contribution is 8.13. The zero-order valence-corrected chi connectivity index (χ0v) is 12.8. The van der Waals surface area contributed by atoms with E-state index >= 15 is 0 Å². The Morgan fingerprint density at radius 1 is 1.19 bits per heavy atom. The summed E-state index contributed by atoms with van der Waals surface area (Å²) in [6.07, 6.45) is 4.14. The van der Waals surface area contributed by atoms with Crippen molar-refractivity contribution in [3.05, 3.63) is 53.7 Å². The van der Waals surface area contributed by atoms with Crippen molar-refractivity contribution < 1.29 is 13.2 Å². The van der Waals surface area contributed by atoms with Crippen molar-refractivity contribution in [1.29, 1.82) is 0 Å². The maximum atomic E-state index is 11.6. The first kappa shape index (κ1) is 14.4. The van der Waals surface area contributed by atoms with Crippen LogP contribution in [0.5, 0.6) is 5.88 Å². The highest BCUT2D eigenvalue weighted by Gasteiger charge is 2.25. The molecule has 0 fully saturated rings. The minimum absolute atomic E-state index is 0.0641. The molecule has 0 saturated carbocycles. The van der Waals surface area contributed by atoms with Crippen LogP contribution in [-0.2, 0) is 15.5 Å². The molecule has 2 aromatic rings. The van der Waals surface area contributed by atoms with Crippen LogP contribution in [0.4, 0.5) is 0 Å². The van der Waals surface area contributed by atoms with Crippen molar-refractivity contribution >= 4 is 19.7 Å². The molecule has 21 heavy (non-hydrogen) atoms. The maximum absolute atomic E-state index is 11.6. The SMILES string of the molecule is O=S(=O)(Cl)c1cccnc1OC1CCCc2ccccc21. The van der Waals surface area contributed by atoms with Gasteiger partial charge in [0, 0.05) is 16.9 Å². The predicted molar refractivity (Wildman–Crippen MR) is 80.0 cm³/mol. The molecule has 1 aromatic heterocycles. The minimum Gasteiger partial charge on any atom is -0.469 e. The standard InChI is InChI=1S/C15H14ClNO3S/c16-21(18,19)14-9-4-10-17-15(14)20-13-8-3-6-11-5-1-2-7-12(11)13/h1-2,4-5,7,9-10,13H,3,6,8H2. The van der Waals surface area contributed by atoms with Crippen LogP contribution >= 0.6 is 10.7 Å². The highest BCUT2D eigenvalue weighted by Crippen LogP contribution is 2.35. The first-order valence-electron chi connectivity index (χ1n) is 6.70. The zero-order chi connectivity index (χ0) is 14.9. The molecular weight excluding hydrogens is 310 g/mol. The van der Waals surface area contributed by atoms with E-state index in [9.17, 15) is 8.42 Å². The molecule has 1 atom stereocenters. The summed E-state index contributed by atoms with van der Waals surface area (Å²) in [5.74, 6) is 0.0641. The van der Waals surface area contributed by atoms with Crippen molar-refractivity contribution in [2.75, 3.05) is 0 Å². The van der Waals surface area contributed by atoms with Crippen molar-refractivity contribution in [1.82, 2.24) is 4.98 Å². The first-order chi connectivity index (χ1) is 10.1. The fourth-order valence-electron chi connectivity index (χ4n) is 2.62. The number of rotatable bonds is 3. The van der Waals surface area contributed by atoms with E-state index < -0.39 is 9.05 Å². The number of hydrogen-bond acceptors (Lipinski definition) is 4. The van der Waals surface area contributed by atoms with Crippen LogP contribution in [0.3, 0.4) is 0 Å². The number of halogens is 1. The third kappa shape index (κ3) is 3.04. The Labute approximate surface area is 128 Å². The highest BCUT2D eigenvalue weighted by atomic mass is 35.7. The monoisotopic (exact) mass is 323 g/mol. The number of aryl methyl sites for hydroxylation is 1. The summed E-state index contributed by atoms with van der Waals surface area (Å²) in [6, 6.07) is 11.0. The van der Waals surface area contributed by atoms with E-state index in [1.807, 2.05) is 18.2 Å². The molecule has 0 N–H and O–H groups in total. The maximum Gasteiger partial charge on any atom is 0.266 e. The number of hydrogen-bond donors (Lipinski definition) is 0. The number of ether oxygens (including phenoxy) is 1. The summed E-state index contributed by atoms with van der Waals surface area (Å²) in [5.41, 5.74) is 2.33. The summed E-state index contributed by atoms with van der Waals surface area (Å²) >= 11 is 0. The molecule has 1 unspecified atom stereocenters. The second kappa shape index (κ2) is 5.66. The van der Waals surface area contributed by atoms with Gasteiger partial charge in [-0.15, -0.1) is 0 Å². The molecule has 1 aliphatic carbocycles. The normalized spacial score (nSPS) is 18.0. The fourth-order valence-corrected chi connectivity index (χ4v) is 3.52. The minimum atomic E-state index is -3.88. The molecule has 3 rings (SSSR count). The molecule has 1 aliphatic rings. The van der Waals surface area contributed by atoms with Crippen LogP contribution in [0.25, 0.3) is 0 Å². The third-order valence-electron chi connectivity index (χ3n) is 3.57. The summed E-state index contributed by atoms with van der Waals surface area (Å²) in [6.45, 7) is 0. The predicted octanol–water partition coefficient (Wildman–Crippen LogP) is 3.47. The Hall–Kier alpha value is -1.59. The van der Waals surface area contributed by atoms with E-state index in [0.29, 0.717) is 0 Å². The van der Waals surface area contributed by atoms with Crippen LogP contribution in [0.1, 0.15) is 30.1 Å². The number of benzene rings is 1. The van der Waals surface area contributed by atoms with Gasteiger partial charge in [-0.3, -0.25) is 0 Å². The van der Waals surface area contributed by atoms with Gasteiger partial charge in [0.1, 0.15) is 11.0 Å². The summed E-state index contributed by atoms with van der Waals surface area (Å²) in [4.78, 5) is 3.94. The summed E-state index contributed by atoms with van der Waals surface area (Å²) in [7, 11) is 1.56. The largest absolute Gasteiger partial charge is 0.469 e. The van der Waals surface area contributed by atoms with Gasteiger partial charge >= 0.3 is 0 Å². The Bertz CT molecular complexity index is 761. The number of pyridine rings is 1. The molecule has 4 nitrogen and oxygen atoms in total. The lowest BCUT2D eigenvalue weighted by Crippen LogP contribution is -2.16. The average molecular weight is 324 g/mol. The molecule has 1 heterocycles. The van der Waals surface area contributed by atoms with Crippen molar-refractivity contribution in [3.63, 3.8) is 0 Å². The van der Waals surface area contributed by atoms with Crippen LogP contribution in [0.2, 0.25) is 0 Å². The molecule has 1 aromatic carbocycles. The van der Waals surface area contributed by atoms with Gasteiger partial charge in [-0.05, 0) is 42.5 Å². The molecular formula is C15H14ClNO3S. The number of aromatic nitrogens is 1. The van der Waals surface area contributed by atoms with Crippen LogP contribution in [-0.4, -0.2) is 13.4 Å². The molecule has 0 bridgehead atoms. The zero-order valence-electron chi connectivity index (χ0n) is 11.2. The van der Waals surface area contributed by atoms with Gasteiger partial charge in [-0.1, -0.05) is 24.3 Å². The molecule has 0 amide bonds. The van der Waals surface area contributed by atoms with Gasteiger partial charge in [0.25, 0.3) is 9.05 Å². The first-order valence-corrected chi connectivity index (χ1v) is 9.01. The molecule has 110 valence electrons. The Morgan fingerprint density at radius 3 is 2.81 bits per heavy atom. The van der Waals surface area contributed by atoms with E-state index in [0.717, 1.165) is 24.8 Å². The topological polar surface area (TPSA) is 56.3 Å². The van der Waals surface area contributed by atoms with E-state index in [2.05, 4.69) is 11.1 Å². The van der Waals surface area contributed by atoms with Crippen molar-refractivity contribution in [2.45, 2.75) is 30.3 Å². The van der Waals surface area contributed by atoms with E-state index in [1.165, 1.54) is 23.9 Å². The van der Waals surface area contributed by atoms with Gasteiger partial charge in [0.05, 0.1) is 0 Å². The molecule has 6 heteroatoms. The van der Waals surface area contributed by atoms with E-state index in [4.69, 9.17) is 15.4 Å². The van der Waals surface area contributed by atoms with Crippen molar-refractivity contribution in [2.24, 2.45) is 0 Å². The summed E-state index contributed by atoms with van der Waals surface area (Å²) in [5, 5.41) is 0. The molecule has 0 spiro atoms. The lowest BCUT2D eigenvalue weighted by molar-refractivity contribution is 0.170. The number of fused-ring (bicyclic) bond motifs is 1. The quantitative estimate of drug-likeness (QED) is 0.812. The smallest absolute Gasteiger partial charge is 0.266 e. The average Bonchev–Trinajstić information content (AvgIpc) is 2.47. The van der Waals surface area contributed by atoms with Gasteiger partial charge in [-0.25, -0.2) is 13.4 Å². The number of nitrogens with zero attached hydrogens (tertiary/aromatic N) is 1. The lowest BCUT2D eigenvalue weighted by atomic mass is 9.89. The fraction of sp³-hybridized carbons (Fsp3) is 0.267. The second-order valence-corrected chi connectivity index (χ2v) is 7.48. The Morgan fingerprint density at radius 2 is 2.00 bits per heavy atom. The third-order valence-corrected chi connectivity index (χ3v) is 4.90. The van der Waals surface area contributed by atoms with Gasteiger partial charge < -0.3 is 4.74 Å². The van der Waals surface area contributed by atoms with Crippen LogP contribution in [0.15, 0.2) is 47.5 Å². The molecule has 0 saturated heterocycles. The van der Waals surface area contributed by atoms with Crippen LogP contribution in [0, 0.1) is 0 Å². The van der Waals surface area contributed by atoms with E-state index in [-0.39, 0.29) is 16.9 Å². The van der Waals surface area contributed by atoms with E-state index in [1.54, 1.807) is 0 Å². The second-order valence-electron chi connectivity index (χ2n) is 4.94. The molecule has 0 radical (unpaired) electrons. The van der Waals surface area contributed by atoms with Crippen LogP contribution < -0.4 is 4.74 Å². The van der Waals surface area contributed by atoms with Gasteiger partial charge in [0.2, 0.25) is 5.88 Å². The van der Waals surface area contributed by atoms with Gasteiger partial charge in [-0.2, -0.15) is 0 Å². The van der Waals surface area contributed by atoms with Crippen molar-refractivity contribution in [3.8, 4) is 5.88 Å². The summed E-state index contributed by atoms with van der Waals surface area (Å²) < 4.78 is 29.0. The molecule has 0 aliphatic heterocycles.